The molecule has 2 rings (SSSR count). The van der Waals surface area contributed by atoms with E-state index in [1.807, 2.05) is 30.3 Å². The summed E-state index contributed by atoms with van der Waals surface area (Å²) in [7, 11) is 0. The van der Waals surface area contributed by atoms with Crippen molar-refractivity contribution in [2.75, 3.05) is 16.5 Å². The van der Waals surface area contributed by atoms with Crippen LogP contribution in [0.3, 0.4) is 0 Å². The van der Waals surface area contributed by atoms with Gasteiger partial charge in [0.25, 0.3) is 0 Å². The van der Waals surface area contributed by atoms with Gasteiger partial charge in [0.1, 0.15) is 0 Å². The molecule has 0 aromatic heterocycles. The first-order valence-corrected chi connectivity index (χ1v) is 8.50. The van der Waals surface area contributed by atoms with Crippen molar-refractivity contribution in [2.45, 2.75) is 25.7 Å². The Hall–Kier alpha value is -2.33. The van der Waals surface area contributed by atoms with Crippen LogP contribution in [-0.2, 0) is 16.0 Å². The summed E-state index contributed by atoms with van der Waals surface area (Å²) >= 11 is 5.58. The maximum absolute atomic E-state index is 12.0. The van der Waals surface area contributed by atoms with Gasteiger partial charge in [-0.25, -0.2) is 0 Å². The lowest BCUT2D eigenvalue weighted by atomic mass is 10.1. The van der Waals surface area contributed by atoms with Crippen molar-refractivity contribution in [3.63, 3.8) is 0 Å². The third-order valence-corrected chi connectivity index (χ3v) is 3.72. The molecule has 0 saturated heterocycles. The van der Waals surface area contributed by atoms with E-state index in [4.69, 9.17) is 11.6 Å². The first-order chi connectivity index (χ1) is 11.7. The van der Waals surface area contributed by atoms with Crippen molar-refractivity contribution in [3.05, 3.63) is 60.2 Å². The Balaban J connectivity index is 1.84. The van der Waals surface area contributed by atoms with Crippen LogP contribution >= 0.6 is 11.6 Å². The maximum Gasteiger partial charge on any atom is 0.224 e. The van der Waals surface area contributed by atoms with Crippen molar-refractivity contribution in [2.24, 2.45) is 0 Å². The lowest BCUT2D eigenvalue weighted by molar-refractivity contribution is -0.117. The number of hydrogen-bond donors (Lipinski definition) is 2. The van der Waals surface area contributed by atoms with Crippen LogP contribution in [0.15, 0.2) is 54.6 Å². The molecule has 2 aromatic rings. The van der Waals surface area contributed by atoms with Gasteiger partial charge in [-0.2, -0.15) is 0 Å². The third kappa shape index (κ3) is 6.42. The number of carbonyl (C=O) groups is 2. The van der Waals surface area contributed by atoms with Gasteiger partial charge in [0.15, 0.2) is 0 Å². The van der Waals surface area contributed by atoms with Gasteiger partial charge in [0, 0.05) is 30.1 Å². The molecule has 0 aliphatic rings. The fourth-order valence-corrected chi connectivity index (χ4v) is 2.39. The van der Waals surface area contributed by atoms with E-state index in [0.29, 0.717) is 42.9 Å². The number of aryl methyl sites for hydroxylation is 1. The lowest BCUT2D eigenvalue weighted by Gasteiger charge is -2.09. The predicted octanol–water partition coefficient (Wildman–Crippen LogP) is 4.22. The number of carbonyl (C=O) groups excluding carboxylic acids is 2. The summed E-state index contributed by atoms with van der Waals surface area (Å²) in [5.41, 5.74) is 2.46. The average molecular weight is 345 g/mol. The van der Waals surface area contributed by atoms with Crippen LogP contribution in [0.25, 0.3) is 0 Å². The number of benzene rings is 2. The van der Waals surface area contributed by atoms with Crippen LogP contribution in [0, 0.1) is 0 Å². The Labute approximate surface area is 147 Å². The van der Waals surface area contributed by atoms with Crippen molar-refractivity contribution in [1.29, 1.82) is 0 Å². The largest absolute Gasteiger partial charge is 0.326 e. The average Bonchev–Trinajstić information content (AvgIpc) is 2.59. The van der Waals surface area contributed by atoms with Gasteiger partial charge in [0.2, 0.25) is 11.8 Å². The van der Waals surface area contributed by atoms with Crippen LogP contribution < -0.4 is 10.6 Å². The van der Waals surface area contributed by atoms with E-state index in [0.717, 1.165) is 5.56 Å². The van der Waals surface area contributed by atoms with Crippen LogP contribution in [0.1, 0.15) is 24.8 Å². The van der Waals surface area contributed by atoms with E-state index in [1.165, 1.54) is 0 Å². The molecule has 2 N–H and O–H groups in total. The molecule has 0 heterocycles. The van der Waals surface area contributed by atoms with Gasteiger partial charge in [-0.05, 0) is 36.6 Å². The summed E-state index contributed by atoms with van der Waals surface area (Å²) in [6.07, 6.45) is 2.14. The molecular formula is C19H21ClN2O2. The topological polar surface area (TPSA) is 58.2 Å². The monoisotopic (exact) mass is 344 g/mol. The Morgan fingerprint density at radius 2 is 1.46 bits per heavy atom. The highest BCUT2D eigenvalue weighted by atomic mass is 35.5. The SMILES string of the molecule is O=C(CCCCl)Nc1cccc(NC(=O)CCc2ccccc2)c1. The van der Waals surface area contributed by atoms with Crippen molar-refractivity contribution < 1.29 is 9.59 Å². The summed E-state index contributed by atoms with van der Waals surface area (Å²) in [6.45, 7) is 0. The molecule has 126 valence electrons. The second-order valence-corrected chi connectivity index (χ2v) is 5.83. The van der Waals surface area contributed by atoms with E-state index < -0.39 is 0 Å². The highest BCUT2D eigenvalue weighted by Crippen LogP contribution is 2.16. The molecule has 0 atom stereocenters. The number of alkyl halides is 1. The van der Waals surface area contributed by atoms with Gasteiger partial charge < -0.3 is 10.6 Å². The fraction of sp³-hybridized carbons (Fsp3) is 0.263. The molecule has 0 spiro atoms. The minimum Gasteiger partial charge on any atom is -0.326 e. The fourth-order valence-electron chi connectivity index (χ4n) is 2.25. The third-order valence-electron chi connectivity index (χ3n) is 3.45. The Morgan fingerprint density at radius 3 is 2.08 bits per heavy atom. The van der Waals surface area contributed by atoms with Crippen LogP contribution in [0.5, 0.6) is 0 Å². The lowest BCUT2D eigenvalue weighted by Crippen LogP contribution is -2.14. The predicted molar refractivity (Wildman–Crippen MR) is 98.4 cm³/mol. The zero-order valence-corrected chi connectivity index (χ0v) is 14.2. The van der Waals surface area contributed by atoms with Crippen molar-refractivity contribution in [1.82, 2.24) is 0 Å². The van der Waals surface area contributed by atoms with Crippen molar-refractivity contribution >= 4 is 34.8 Å². The van der Waals surface area contributed by atoms with E-state index in [-0.39, 0.29) is 11.8 Å². The molecule has 2 aromatic carbocycles. The Bertz CT molecular complexity index is 674. The smallest absolute Gasteiger partial charge is 0.224 e. The first-order valence-electron chi connectivity index (χ1n) is 7.97. The summed E-state index contributed by atoms with van der Waals surface area (Å²) in [5.74, 6) is 0.331. The van der Waals surface area contributed by atoms with Crippen LogP contribution in [-0.4, -0.2) is 17.7 Å². The van der Waals surface area contributed by atoms with Gasteiger partial charge >= 0.3 is 0 Å². The quantitative estimate of drug-likeness (QED) is 0.704. The van der Waals surface area contributed by atoms with E-state index in [1.54, 1.807) is 24.3 Å². The maximum atomic E-state index is 12.0. The molecular weight excluding hydrogens is 324 g/mol. The minimum atomic E-state index is -0.0804. The molecule has 2 amide bonds. The second-order valence-electron chi connectivity index (χ2n) is 5.46. The molecule has 4 nitrogen and oxygen atoms in total. The minimum absolute atomic E-state index is 0.0514. The number of nitrogens with one attached hydrogen (secondary N) is 2. The standard InChI is InChI=1S/C19H21ClN2O2/c20-13-5-10-18(23)21-16-8-4-9-17(14-16)22-19(24)12-11-15-6-2-1-3-7-15/h1-4,6-9,14H,5,10-13H2,(H,21,23)(H,22,24). The zero-order chi connectivity index (χ0) is 17.2. The van der Waals surface area contributed by atoms with E-state index >= 15 is 0 Å². The van der Waals surface area contributed by atoms with Gasteiger partial charge in [-0.15, -0.1) is 11.6 Å². The van der Waals surface area contributed by atoms with E-state index in [9.17, 15) is 9.59 Å². The van der Waals surface area contributed by atoms with Crippen LogP contribution in [0.4, 0.5) is 11.4 Å². The van der Waals surface area contributed by atoms with Crippen LogP contribution in [0.2, 0.25) is 0 Å². The number of halogens is 1. The summed E-state index contributed by atoms with van der Waals surface area (Å²) < 4.78 is 0. The zero-order valence-electron chi connectivity index (χ0n) is 13.4. The molecule has 24 heavy (non-hydrogen) atoms. The molecule has 5 heteroatoms. The molecule has 0 radical (unpaired) electrons. The first kappa shape index (κ1) is 18.0. The molecule has 0 aliphatic heterocycles. The van der Waals surface area contributed by atoms with Crippen molar-refractivity contribution in [3.8, 4) is 0 Å². The number of hydrogen-bond acceptors (Lipinski definition) is 2. The second kappa shape index (κ2) is 9.73. The molecule has 0 aliphatic carbocycles. The van der Waals surface area contributed by atoms with Gasteiger partial charge in [0.05, 0.1) is 0 Å². The highest BCUT2D eigenvalue weighted by molar-refractivity contribution is 6.18. The van der Waals surface area contributed by atoms with Gasteiger partial charge in [-0.3, -0.25) is 9.59 Å². The summed E-state index contributed by atoms with van der Waals surface area (Å²) in [6, 6.07) is 17.0. The Morgan fingerprint density at radius 1 is 0.833 bits per heavy atom. The summed E-state index contributed by atoms with van der Waals surface area (Å²) in [4.78, 5) is 23.8. The number of rotatable bonds is 8. The normalized spacial score (nSPS) is 10.2. The van der Waals surface area contributed by atoms with E-state index in [2.05, 4.69) is 10.6 Å². The molecule has 0 fully saturated rings. The van der Waals surface area contributed by atoms with Gasteiger partial charge in [-0.1, -0.05) is 36.4 Å². The number of amides is 2. The molecule has 0 saturated carbocycles. The Kier molecular flexibility index (Phi) is 7.30. The highest BCUT2D eigenvalue weighted by Gasteiger charge is 2.06. The molecule has 0 unspecified atom stereocenters. The molecule has 0 bridgehead atoms. The number of anilines is 2. The summed E-state index contributed by atoms with van der Waals surface area (Å²) in [5, 5.41) is 5.66.